The van der Waals surface area contributed by atoms with E-state index < -0.39 is 23.5 Å². The van der Waals surface area contributed by atoms with Crippen molar-refractivity contribution in [3.8, 4) is 5.69 Å². The summed E-state index contributed by atoms with van der Waals surface area (Å²) in [5.74, 6) is -0.363. The number of hydrogen-bond acceptors (Lipinski definition) is 5. The number of amides is 1. The van der Waals surface area contributed by atoms with Crippen molar-refractivity contribution in [1.29, 1.82) is 0 Å². The zero-order valence-electron chi connectivity index (χ0n) is 14.8. The highest BCUT2D eigenvalue weighted by atomic mass is 35.5. The molecule has 0 aliphatic heterocycles. The molecular weight excluding hydrogens is 389 g/mol. The van der Waals surface area contributed by atoms with E-state index in [0.29, 0.717) is 18.5 Å². The van der Waals surface area contributed by atoms with Crippen LogP contribution in [0, 0.1) is 5.82 Å². The first-order chi connectivity index (χ1) is 13.3. The molecular formula is C18H17ClFN5O3. The minimum atomic E-state index is -1.26. The number of aromatic nitrogens is 3. The second-order valence-electron chi connectivity index (χ2n) is 6.10. The van der Waals surface area contributed by atoms with Crippen molar-refractivity contribution in [2.24, 2.45) is 0 Å². The van der Waals surface area contributed by atoms with Gasteiger partial charge in [0, 0.05) is 0 Å². The Kier molecular flexibility index (Phi) is 5.46. The first kappa shape index (κ1) is 19.6. The van der Waals surface area contributed by atoms with Gasteiger partial charge in [-0.3, -0.25) is 9.36 Å². The van der Waals surface area contributed by atoms with Gasteiger partial charge < -0.3 is 16.2 Å². The molecule has 8 nitrogen and oxygen atoms in total. The molecule has 0 fully saturated rings. The summed E-state index contributed by atoms with van der Waals surface area (Å²) in [4.78, 5) is 32.9. The largest absolute Gasteiger partial charge is 0.465 e. The Hall–Kier alpha value is -3.20. The summed E-state index contributed by atoms with van der Waals surface area (Å²) in [6, 6.07) is 4.69. The summed E-state index contributed by atoms with van der Waals surface area (Å²) in [5, 5.41) is 11.1. The molecule has 3 aromatic rings. The number of halogens is 2. The molecule has 10 heteroatoms. The second-order valence-corrected chi connectivity index (χ2v) is 6.48. The zero-order chi connectivity index (χ0) is 20.4. The molecule has 0 bridgehead atoms. The third-order valence-corrected chi connectivity index (χ3v) is 4.54. The normalized spacial score (nSPS) is 12.1. The second kappa shape index (κ2) is 7.81. The van der Waals surface area contributed by atoms with Gasteiger partial charge in [-0.15, -0.1) is 0 Å². The number of hydrogen-bond donors (Lipinski definition) is 3. The molecule has 0 saturated carbocycles. The average molecular weight is 406 g/mol. The van der Waals surface area contributed by atoms with Crippen molar-refractivity contribution >= 4 is 34.4 Å². The Bertz CT molecular complexity index is 1100. The molecule has 146 valence electrons. The highest BCUT2D eigenvalue weighted by molar-refractivity contribution is 6.35. The summed E-state index contributed by atoms with van der Waals surface area (Å²) in [6.07, 6.45) is 1.11. The molecule has 0 spiro atoms. The van der Waals surface area contributed by atoms with E-state index in [9.17, 15) is 19.1 Å². The quantitative estimate of drug-likeness (QED) is 0.598. The number of nitrogens with two attached hydrogens (primary N) is 1. The zero-order valence-corrected chi connectivity index (χ0v) is 15.6. The van der Waals surface area contributed by atoms with Crippen molar-refractivity contribution in [2.45, 2.75) is 25.8 Å². The Morgan fingerprint density at radius 1 is 1.39 bits per heavy atom. The molecule has 0 radical (unpaired) electrons. The van der Waals surface area contributed by atoms with Crippen molar-refractivity contribution in [2.75, 3.05) is 5.73 Å². The monoisotopic (exact) mass is 405 g/mol. The van der Waals surface area contributed by atoms with Crippen molar-refractivity contribution in [1.82, 2.24) is 19.9 Å². The first-order valence-corrected chi connectivity index (χ1v) is 8.83. The van der Waals surface area contributed by atoms with Crippen molar-refractivity contribution in [3.05, 3.63) is 57.5 Å². The number of pyridine rings is 1. The van der Waals surface area contributed by atoms with Crippen LogP contribution in [0.5, 0.6) is 0 Å². The summed E-state index contributed by atoms with van der Waals surface area (Å²) >= 11 is 6.02. The maximum absolute atomic E-state index is 13.9. The van der Waals surface area contributed by atoms with Crippen LogP contribution in [-0.4, -0.2) is 25.7 Å². The van der Waals surface area contributed by atoms with E-state index in [1.165, 1.54) is 29.0 Å². The van der Waals surface area contributed by atoms with E-state index in [2.05, 4.69) is 15.3 Å². The molecule has 1 amide bonds. The highest BCUT2D eigenvalue weighted by Gasteiger charge is 2.24. The van der Waals surface area contributed by atoms with E-state index in [1.54, 1.807) is 0 Å². The van der Waals surface area contributed by atoms with Crippen LogP contribution in [0.25, 0.3) is 16.6 Å². The maximum atomic E-state index is 13.9. The Morgan fingerprint density at radius 2 is 2.14 bits per heavy atom. The van der Waals surface area contributed by atoms with Gasteiger partial charge in [-0.25, -0.2) is 19.2 Å². The number of fused-ring (bicyclic) bond motifs is 1. The van der Waals surface area contributed by atoms with Gasteiger partial charge in [0.25, 0.3) is 5.56 Å². The predicted octanol–water partition coefficient (Wildman–Crippen LogP) is 3.26. The van der Waals surface area contributed by atoms with Crippen LogP contribution < -0.4 is 16.6 Å². The molecule has 0 unspecified atom stereocenters. The van der Waals surface area contributed by atoms with E-state index in [1.807, 2.05) is 6.92 Å². The number of anilines is 1. The lowest BCUT2D eigenvalue weighted by Crippen LogP contribution is -2.34. The van der Waals surface area contributed by atoms with Crippen LogP contribution in [0.1, 0.15) is 31.6 Å². The van der Waals surface area contributed by atoms with Gasteiger partial charge in [0.1, 0.15) is 17.5 Å². The van der Waals surface area contributed by atoms with Crippen LogP contribution in [0.4, 0.5) is 15.0 Å². The third kappa shape index (κ3) is 3.61. The third-order valence-electron chi connectivity index (χ3n) is 4.17. The minimum Gasteiger partial charge on any atom is -0.465 e. The molecule has 2 heterocycles. The predicted molar refractivity (Wildman–Crippen MR) is 103 cm³/mol. The van der Waals surface area contributed by atoms with E-state index in [4.69, 9.17) is 17.3 Å². The lowest BCUT2D eigenvalue weighted by Gasteiger charge is -2.21. The topological polar surface area (TPSA) is 123 Å². The molecule has 0 aliphatic carbocycles. The first-order valence-electron chi connectivity index (χ1n) is 8.45. The number of carboxylic acid groups (broad SMARTS) is 1. The van der Waals surface area contributed by atoms with Gasteiger partial charge in [0.15, 0.2) is 0 Å². The molecule has 28 heavy (non-hydrogen) atoms. The van der Waals surface area contributed by atoms with Gasteiger partial charge in [-0.1, -0.05) is 24.9 Å². The van der Waals surface area contributed by atoms with Crippen LogP contribution in [0.15, 0.2) is 35.3 Å². The van der Waals surface area contributed by atoms with Crippen molar-refractivity contribution < 1.29 is 14.3 Å². The van der Waals surface area contributed by atoms with Gasteiger partial charge in [-0.2, -0.15) is 0 Å². The van der Waals surface area contributed by atoms with Gasteiger partial charge in [-0.05, 0) is 30.7 Å². The van der Waals surface area contributed by atoms with E-state index >= 15 is 0 Å². The minimum absolute atomic E-state index is 0.104. The SMILES string of the molecule is CCC[C@H](NC(=O)O)c1nc2ccc(F)c(Cl)c2c(=O)n1-c1ccc(N)nc1. The molecule has 3 rings (SSSR count). The van der Waals surface area contributed by atoms with E-state index in [-0.39, 0.29) is 27.6 Å². The van der Waals surface area contributed by atoms with E-state index in [0.717, 1.165) is 6.07 Å². The van der Waals surface area contributed by atoms with Crippen LogP contribution >= 0.6 is 11.6 Å². The maximum Gasteiger partial charge on any atom is 0.405 e. The Morgan fingerprint density at radius 3 is 2.75 bits per heavy atom. The number of rotatable bonds is 5. The van der Waals surface area contributed by atoms with Gasteiger partial charge >= 0.3 is 6.09 Å². The summed E-state index contributed by atoms with van der Waals surface area (Å²) in [5.41, 5.74) is 5.45. The fourth-order valence-electron chi connectivity index (χ4n) is 2.94. The molecule has 0 aliphatic rings. The number of nitrogens with one attached hydrogen (secondary N) is 1. The van der Waals surface area contributed by atoms with Crippen molar-refractivity contribution in [3.63, 3.8) is 0 Å². The standard InChI is InChI=1S/C18H17ClFN5O3/c1-2-3-12(24-18(27)28)16-23-11-6-5-10(20)15(19)14(11)17(26)25(16)9-4-7-13(21)22-8-9/h4-8,12,24H,2-3H2,1H3,(H2,21,22)(H,27,28)/t12-/m0/s1. The number of nitrogen functional groups attached to an aromatic ring is 1. The Balaban J connectivity index is 2.39. The summed E-state index contributed by atoms with van der Waals surface area (Å²) < 4.78 is 15.1. The smallest absolute Gasteiger partial charge is 0.405 e. The highest BCUT2D eigenvalue weighted by Crippen LogP contribution is 2.26. The van der Waals surface area contributed by atoms with Gasteiger partial charge in [0.05, 0.1) is 33.9 Å². The molecule has 2 aromatic heterocycles. The lowest BCUT2D eigenvalue weighted by molar-refractivity contribution is 0.188. The molecule has 0 saturated heterocycles. The average Bonchev–Trinajstić information content (AvgIpc) is 2.64. The number of nitrogens with zero attached hydrogens (tertiary/aromatic N) is 3. The summed E-state index contributed by atoms with van der Waals surface area (Å²) in [6.45, 7) is 1.87. The van der Waals surface area contributed by atoms with Crippen LogP contribution in [0.2, 0.25) is 5.02 Å². The molecule has 4 N–H and O–H groups in total. The van der Waals surface area contributed by atoms with Gasteiger partial charge in [0.2, 0.25) is 0 Å². The molecule has 1 atom stereocenters. The number of carbonyl (C=O) groups is 1. The van der Waals surface area contributed by atoms with Crippen LogP contribution in [0.3, 0.4) is 0 Å². The molecule has 1 aromatic carbocycles. The van der Waals surface area contributed by atoms with Crippen LogP contribution in [-0.2, 0) is 0 Å². The lowest BCUT2D eigenvalue weighted by atomic mass is 10.1. The number of benzene rings is 1. The fourth-order valence-corrected chi connectivity index (χ4v) is 3.18. The summed E-state index contributed by atoms with van der Waals surface area (Å²) in [7, 11) is 0. The Labute approximate surface area is 163 Å². The fraction of sp³-hybridized carbons (Fsp3) is 0.222.